The number of hydrogen-bond donors (Lipinski definition) is 3. The Kier molecular flexibility index (Phi) is 4.07. The fourth-order valence-electron chi connectivity index (χ4n) is 1.66. The number of carbonyl (C=O) groups excluding carboxylic acids is 1. The molecule has 7 heteroatoms. The van der Waals surface area contributed by atoms with Crippen LogP contribution in [0.2, 0.25) is 0 Å². The van der Waals surface area contributed by atoms with Gasteiger partial charge in [-0.2, -0.15) is 5.10 Å². The fraction of sp³-hybridized carbons (Fsp3) is 0.333. The van der Waals surface area contributed by atoms with Gasteiger partial charge in [-0.15, -0.1) is 0 Å². The number of amides is 1. The molecule has 1 unspecified atom stereocenters. The first-order chi connectivity index (χ1) is 9.22. The molecule has 2 aromatic rings. The molecule has 0 aromatic carbocycles. The lowest BCUT2D eigenvalue weighted by molar-refractivity contribution is 0.0939. The summed E-state index contributed by atoms with van der Waals surface area (Å²) in [7, 11) is 0. The van der Waals surface area contributed by atoms with Gasteiger partial charge in [-0.1, -0.05) is 0 Å². The number of nitrogens with zero attached hydrogens (tertiary/aromatic N) is 3. The molecule has 0 saturated heterocycles. The molecule has 0 radical (unpaired) electrons. The Balaban J connectivity index is 2.11. The van der Waals surface area contributed by atoms with E-state index >= 15 is 0 Å². The van der Waals surface area contributed by atoms with Crippen molar-refractivity contribution < 1.29 is 4.79 Å². The van der Waals surface area contributed by atoms with Crippen LogP contribution in [0.1, 0.15) is 36.1 Å². The zero-order valence-corrected chi connectivity index (χ0v) is 10.8. The second-order valence-corrected chi connectivity index (χ2v) is 4.00. The van der Waals surface area contributed by atoms with E-state index in [1.54, 1.807) is 18.3 Å². The molecular formula is C12H16N6O. The van der Waals surface area contributed by atoms with Crippen molar-refractivity contribution in [2.24, 2.45) is 0 Å². The molecule has 0 bridgehead atoms. The van der Waals surface area contributed by atoms with E-state index < -0.39 is 0 Å². The molecule has 0 aliphatic carbocycles. The predicted molar refractivity (Wildman–Crippen MR) is 70.7 cm³/mol. The van der Waals surface area contributed by atoms with E-state index in [1.165, 1.54) is 6.33 Å². The largest absolute Gasteiger partial charge is 0.370 e. The summed E-state index contributed by atoms with van der Waals surface area (Å²) in [6, 6.07) is 3.21. The molecule has 0 saturated carbocycles. The van der Waals surface area contributed by atoms with E-state index in [4.69, 9.17) is 0 Å². The average molecular weight is 260 g/mol. The van der Waals surface area contributed by atoms with E-state index in [-0.39, 0.29) is 11.9 Å². The van der Waals surface area contributed by atoms with E-state index in [9.17, 15) is 4.79 Å². The van der Waals surface area contributed by atoms with Crippen molar-refractivity contribution in [2.45, 2.75) is 19.9 Å². The normalized spacial score (nSPS) is 11.9. The van der Waals surface area contributed by atoms with Crippen molar-refractivity contribution in [2.75, 3.05) is 11.9 Å². The van der Waals surface area contributed by atoms with Gasteiger partial charge in [0.1, 0.15) is 18.0 Å². The van der Waals surface area contributed by atoms with Crippen molar-refractivity contribution in [3.05, 3.63) is 36.0 Å². The molecule has 2 aromatic heterocycles. The molecular weight excluding hydrogens is 244 g/mol. The van der Waals surface area contributed by atoms with Crippen LogP contribution in [-0.4, -0.2) is 32.6 Å². The highest BCUT2D eigenvalue weighted by Gasteiger charge is 2.16. The highest BCUT2D eigenvalue weighted by atomic mass is 16.1. The number of carbonyl (C=O) groups is 1. The van der Waals surface area contributed by atoms with Gasteiger partial charge in [0.2, 0.25) is 0 Å². The number of pyridine rings is 1. The molecule has 1 amide bonds. The van der Waals surface area contributed by atoms with E-state index in [0.29, 0.717) is 23.8 Å². The molecule has 2 rings (SSSR count). The lowest BCUT2D eigenvalue weighted by Crippen LogP contribution is -2.28. The summed E-state index contributed by atoms with van der Waals surface area (Å²) >= 11 is 0. The zero-order valence-electron chi connectivity index (χ0n) is 10.8. The minimum Gasteiger partial charge on any atom is -0.370 e. The van der Waals surface area contributed by atoms with Crippen molar-refractivity contribution in [3.63, 3.8) is 0 Å². The molecule has 0 fully saturated rings. The SMILES string of the molecule is CCNc1ncccc1C(=O)NC(C)c1ncn[nH]1. The summed E-state index contributed by atoms with van der Waals surface area (Å²) in [4.78, 5) is 20.4. The van der Waals surface area contributed by atoms with Gasteiger partial charge in [0.25, 0.3) is 5.91 Å². The van der Waals surface area contributed by atoms with Gasteiger partial charge < -0.3 is 10.6 Å². The van der Waals surface area contributed by atoms with Gasteiger partial charge in [-0.3, -0.25) is 9.89 Å². The highest BCUT2D eigenvalue weighted by Crippen LogP contribution is 2.13. The molecule has 100 valence electrons. The number of anilines is 1. The van der Waals surface area contributed by atoms with Crippen molar-refractivity contribution in [3.8, 4) is 0 Å². The molecule has 3 N–H and O–H groups in total. The average Bonchev–Trinajstić information content (AvgIpc) is 2.93. The minimum atomic E-state index is -0.246. The lowest BCUT2D eigenvalue weighted by atomic mass is 10.2. The van der Waals surface area contributed by atoms with Crippen LogP contribution in [0.4, 0.5) is 5.82 Å². The number of hydrogen-bond acceptors (Lipinski definition) is 5. The van der Waals surface area contributed by atoms with Gasteiger partial charge in [0.15, 0.2) is 0 Å². The molecule has 0 aliphatic rings. The van der Waals surface area contributed by atoms with Crippen LogP contribution in [0.25, 0.3) is 0 Å². The summed E-state index contributed by atoms with van der Waals surface area (Å²) in [5.41, 5.74) is 0.510. The van der Waals surface area contributed by atoms with Crippen LogP contribution in [0.5, 0.6) is 0 Å². The predicted octanol–water partition coefficient (Wildman–Crippen LogP) is 1.12. The van der Waals surface area contributed by atoms with Gasteiger partial charge in [-0.25, -0.2) is 9.97 Å². The van der Waals surface area contributed by atoms with Crippen LogP contribution < -0.4 is 10.6 Å². The third-order valence-electron chi connectivity index (χ3n) is 2.59. The van der Waals surface area contributed by atoms with Crippen LogP contribution >= 0.6 is 0 Å². The van der Waals surface area contributed by atoms with Crippen molar-refractivity contribution >= 4 is 11.7 Å². The Morgan fingerprint density at radius 3 is 3.00 bits per heavy atom. The third-order valence-corrected chi connectivity index (χ3v) is 2.59. The maximum atomic E-state index is 12.2. The first-order valence-corrected chi connectivity index (χ1v) is 6.07. The summed E-state index contributed by atoms with van der Waals surface area (Å²) in [6.07, 6.45) is 3.06. The van der Waals surface area contributed by atoms with E-state index in [1.807, 2.05) is 13.8 Å². The van der Waals surface area contributed by atoms with Gasteiger partial charge >= 0.3 is 0 Å². The summed E-state index contributed by atoms with van der Waals surface area (Å²) in [5, 5.41) is 12.4. The lowest BCUT2D eigenvalue weighted by Gasteiger charge is -2.13. The van der Waals surface area contributed by atoms with Crippen molar-refractivity contribution in [1.82, 2.24) is 25.5 Å². The van der Waals surface area contributed by atoms with Crippen molar-refractivity contribution in [1.29, 1.82) is 0 Å². The van der Waals surface area contributed by atoms with E-state index in [0.717, 1.165) is 0 Å². The van der Waals surface area contributed by atoms with Crippen LogP contribution in [0.15, 0.2) is 24.7 Å². The first kappa shape index (κ1) is 13.0. The molecule has 0 aliphatic heterocycles. The third kappa shape index (κ3) is 3.06. The quantitative estimate of drug-likeness (QED) is 0.748. The fourth-order valence-corrected chi connectivity index (χ4v) is 1.66. The Morgan fingerprint density at radius 2 is 2.32 bits per heavy atom. The van der Waals surface area contributed by atoms with Gasteiger partial charge in [-0.05, 0) is 26.0 Å². The minimum absolute atomic E-state index is 0.201. The Hall–Kier alpha value is -2.44. The maximum absolute atomic E-state index is 12.2. The molecule has 19 heavy (non-hydrogen) atoms. The molecule has 0 spiro atoms. The zero-order chi connectivity index (χ0) is 13.7. The standard InChI is InChI=1S/C12H16N6O/c1-3-13-11-9(5-4-6-14-11)12(19)17-8(2)10-15-7-16-18-10/h4-8H,3H2,1-2H3,(H,13,14)(H,17,19)(H,15,16,18). The maximum Gasteiger partial charge on any atom is 0.255 e. The highest BCUT2D eigenvalue weighted by molar-refractivity contribution is 5.98. The second kappa shape index (κ2) is 5.94. The topological polar surface area (TPSA) is 95.6 Å². The molecule has 7 nitrogen and oxygen atoms in total. The number of nitrogens with one attached hydrogen (secondary N) is 3. The summed E-state index contributed by atoms with van der Waals surface area (Å²) in [5.74, 6) is 0.988. The van der Waals surface area contributed by atoms with E-state index in [2.05, 4.69) is 30.8 Å². The monoisotopic (exact) mass is 260 g/mol. The summed E-state index contributed by atoms with van der Waals surface area (Å²) < 4.78 is 0. The number of aromatic nitrogens is 4. The number of aromatic amines is 1. The Morgan fingerprint density at radius 1 is 1.47 bits per heavy atom. The molecule has 2 heterocycles. The Labute approximate surface area is 110 Å². The first-order valence-electron chi connectivity index (χ1n) is 6.07. The van der Waals surface area contributed by atoms with Crippen LogP contribution in [-0.2, 0) is 0 Å². The second-order valence-electron chi connectivity index (χ2n) is 4.00. The summed E-state index contributed by atoms with van der Waals surface area (Å²) in [6.45, 7) is 4.49. The van der Waals surface area contributed by atoms with Crippen LogP contribution in [0.3, 0.4) is 0 Å². The van der Waals surface area contributed by atoms with Gasteiger partial charge in [0, 0.05) is 12.7 Å². The smallest absolute Gasteiger partial charge is 0.255 e. The molecule has 1 atom stereocenters. The van der Waals surface area contributed by atoms with Crippen LogP contribution in [0, 0.1) is 0 Å². The van der Waals surface area contributed by atoms with Gasteiger partial charge in [0.05, 0.1) is 11.6 Å². The number of H-pyrrole nitrogens is 1. The Bertz CT molecular complexity index is 539. The number of rotatable bonds is 5.